The lowest BCUT2D eigenvalue weighted by Crippen LogP contribution is -2.45. The van der Waals surface area contributed by atoms with Crippen molar-refractivity contribution in [3.8, 4) is 0 Å². The Morgan fingerprint density at radius 3 is 2.21 bits per heavy atom. The van der Waals surface area contributed by atoms with Gasteiger partial charge in [0.15, 0.2) is 0 Å². The maximum Gasteiger partial charge on any atom is 0.0609 e. The minimum Gasteiger partial charge on any atom is -0.394 e. The number of rotatable bonds is 6. The number of likely N-dealkylation sites (N-methyl/N-ethyl adjacent to an activating group) is 1. The van der Waals surface area contributed by atoms with Gasteiger partial charge in [-0.05, 0) is 46.7 Å². The molecule has 0 spiro atoms. The molecule has 0 aliphatic rings. The maximum atomic E-state index is 9.35. The van der Waals surface area contributed by atoms with E-state index in [1.165, 1.54) is 16.7 Å². The monoisotopic (exact) mass is 264 g/mol. The van der Waals surface area contributed by atoms with Crippen LogP contribution in [0.2, 0.25) is 0 Å². The van der Waals surface area contributed by atoms with Crippen molar-refractivity contribution in [2.75, 3.05) is 20.2 Å². The fourth-order valence-electron chi connectivity index (χ4n) is 2.15. The van der Waals surface area contributed by atoms with E-state index in [-0.39, 0.29) is 18.2 Å². The Balaban J connectivity index is 2.63. The van der Waals surface area contributed by atoms with E-state index < -0.39 is 0 Å². The third-order valence-electron chi connectivity index (χ3n) is 3.87. The molecule has 0 heterocycles. The van der Waals surface area contributed by atoms with Crippen molar-refractivity contribution in [1.29, 1.82) is 0 Å². The lowest BCUT2D eigenvalue weighted by Gasteiger charge is -2.34. The maximum absolute atomic E-state index is 9.35. The van der Waals surface area contributed by atoms with E-state index in [0.717, 1.165) is 13.0 Å². The summed E-state index contributed by atoms with van der Waals surface area (Å²) in [6.45, 7) is 9.31. The van der Waals surface area contributed by atoms with Crippen LogP contribution in [0.15, 0.2) is 18.2 Å². The van der Waals surface area contributed by atoms with E-state index in [9.17, 15) is 5.11 Å². The second kappa shape index (κ2) is 6.51. The quantitative estimate of drug-likeness (QED) is 0.829. The van der Waals surface area contributed by atoms with Crippen molar-refractivity contribution in [2.45, 2.75) is 45.7 Å². The summed E-state index contributed by atoms with van der Waals surface area (Å²) in [6, 6.07) is 6.54. The summed E-state index contributed by atoms with van der Waals surface area (Å²) in [4.78, 5) is 2.16. The first-order valence-corrected chi connectivity index (χ1v) is 6.92. The predicted molar refractivity (Wildman–Crippen MR) is 81.3 cm³/mol. The van der Waals surface area contributed by atoms with Crippen LogP contribution in [0.3, 0.4) is 0 Å². The van der Waals surface area contributed by atoms with Crippen LogP contribution < -0.4 is 5.73 Å². The van der Waals surface area contributed by atoms with Crippen molar-refractivity contribution in [3.05, 3.63) is 34.9 Å². The van der Waals surface area contributed by atoms with Gasteiger partial charge in [-0.15, -0.1) is 0 Å². The van der Waals surface area contributed by atoms with Gasteiger partial charge in [0.25, 0.3) is 0 Å². The Morgan fingerprint density at radius 1 is 1.21 bits per heavy atom. The highest BCUT2D eigenvalue weighted by Gasteiger charge is 2.22. The lowest BCUT2D eigenvalue weighted by atomic mass is 9.98. The van der Waals surface area contributed by atoms with Gasteiger partial charge in [-0.1, -0.05) is 29.3 Å². The highest BCUT2D eigenvalue weighted by molar-refractivity contribution is 5.30. The second-order valence-corrected chi connectivity index (χ2v) is 6.21. The average molecular weight is 264 g/mol. The Morgan fingerprint density at radius 2 is 1.74 bits per heavy atom. The van der Waals surface area contributed by atoms with Crippen molar-refractivity contribution >= 4 is 0 Å². The first kappa shape index (κ1) is 16.2. The second-order valence-electron chi connectivity index (χ2n) is 6.21. The van der Waals surface area contributed by atoms with E-state index in [4.69, 9.17) is 5.73 Å². The van der Waals surface area contributed by atoms with Gasteiger partial charge >= 0.3 is 0 Å². The van der Waals surface area contributed by atoms with Crippen molar-refractivity contribution in [3.63, 3.8) is 0 Å². The fraction of sp³-hybridized carbons (Fsp3) is 0.625. The summed E-state index contributed by atoms with van der Waals surface area (Å²) in [7, 11) is 2.03. The summed E-state index contributed by atoms with van der Waals surface area (Å²) in [5.41, 5.74) is 9.80. The number of benzene rings is 1. The molecule has 3 N–H and O–H groups in total. The summed E-state index contributed by atoms with van der Waals surface area (Å²) in [6.07, 6.45) is 0.892. The Labute approximate surface area is 117 Å². The van der Waals surface area contributed by atoms with E-state index >= 15 is 0 Å². The Kier molecular flexibility index (Phi) is 5.53. The van der Waals surface area contributed by atoms with Crippen LogP contribution in [0.1, 0.15) is 43.0 Å². The van der Waals surface area contributed by atoms with Gasteiger partial charge in [0.1, 0.15) is 0 Å². The summed E-state index contributed by atoms with van der Waals surface area (Å²) in [5, 5.41) is 9.35. The molecular formula is C16H28N2O. The number of aliphatic hydroxyl groups is 1. The molecule has 3 nitrogen and oxygen atoms in total. The van der Waals surface area contributed by atoms with Gasteiger partial charge in [0.05, 0.1) is 6.61 Å². The number of hydrogen-bond donors (Lipinski definition) is 2. The first-order chi connectivity index (χ1) is 8.76. The van der Waals surface area contributed by atoms with E-state index in [2.05, 4.69) is 36.9 Å². The van der Waals surface area contributed by atoms with Crippen LogP contribution in [-0.4, -0.2) is 35.7 Å². The molecule has 19 heavy (non-hydrogen) atoms. The van der Waals surface area contributed by atoms with Crippen LogP contribution in [0, 0.1) is 13.8 Å². The minimum absolute atomic E-state index is 0.0514. The highest BCUT2D eigenvalue weighted by Crippen LogP contribution is 2.20. The molecule has 1 unspecified atom stereocenters. The summed E-state index contributed by atoms with van der Waals surface area (Å²) < 4.78 is 0. The number of nitrogens with zero attached hydrogens (tertiary/aromatic N) is 1. The molecule has 0 amide bonds. The van der Waals surface area contributed by atoms with Gasteiger partial charge in [-0.25, -0.2) is 0 Å². The zero-order valence-electron chi connectivity index (χ0n) is 12.9. The van der Waals surface area contributed by atoms with Crippen LogP contribution in [0.5, 0.6) is 0 Å². The largest absolute Gasteiger partial charge is 0.394 e. The molecule has 1 aromatic carbocycles. The summed E-state index contributed by atoms with van der Waals surface area (Å²) >= 11 is 0. The van der Waals surface area contributed by atoms with Gasteiger partial charge < -0.3 is 10.8 Å². The summed E-state index contributed by atoms with van der Waals surface area (Å²) in [5.74, 6) is 0. The number of nitrogens with two attached hydrogens (primary N) is 1. The zero-order valence-corrected chi connectivity index (χ0v) is 12.9. The standard InChI is InChI=1S/C16H28N2O/c1-12-8-13(2)10-14(9-12)15(17)6-7-18(5)16(3,4)11-19/h8-10,15,19H,6-7,11,17H2,1-5H3. The minimum atomic E-state index is -0.192. The molecule has 0 aromatic heterocycles. The lowest BCUT2D eigenvalue weighted by molar-refractivity contribution is 0.0767. The van der Waals surface area contributed by atoms with Crippen LogP contribution >= 0.6 is 0 Å². The van der Waals surface area contributed by atoms with Gasteiger partial charge in [-0.2, -0.15) is 0 Å². The molecule has 0 bridgehead atoms. The Bertz CT molecular complexity index is 395. The van der Waals surface area contributed by atoms with Crippen LogP contribution in [0.4, 0.5) is 0 Å². The SMILES string of the molecule is Cc1cc(C)cc(C(N)CCN(C)C(C)(C)CO)c1. The number of hydrogen-bond acceptors (Lipinski definition) is 3. The Hall–Kier alpha value is -0.900. The van der Waals surface area contributed by atoms with Gasteiger partial charge in [-0.3, -0.25) is 4.90 Å². The molecule has 108 valence electrons. The average Bonchev–Trinajstić information content (AvgIpc) is 2.34. The molecule has 0 saturated carbocycles. The smallest absolute Gasteiger partial charge is 0.0609 e. The molecule has 0 fully saturated rings. The van der Waals surface area contributed by atoms with Crippen molar-refractivity contribution < 1.29 is 5.11 Å². The van der Waals surface area contributed by atoms with E-state index in [1.54, 1.807) is 0 Å². The topological polar surface area (TPSA) is 49.5 Å². The van der Waals surface area contributed by atoms with Crippen LogP contribution in [0.25, 0.3) is 0 Å². The third-order valence-corrected chi connectivity index (χ3v) is 3.87. The zero-order chi connectivity index (χ0) is 14.6. The molecule has 0 saturated heterocycles. The fourth-order valence-corrected chi connectivity index (χ4v) is 2.15. The third kappa shape index (κ3) is 4.60. The molecule has 1 aromatic rings. The first-order valence-electron chi connectivity index (χ1n) is 6.92. The normalized spacial score (nSPS) is 13.9. The van der Waals surface area contributed by atoms with E-state index in [0.29, 0.717) is 0 Å². The molecule has 0 aliphatic carbocycles. The van der Waals surface area contributed by atoms with Crippen molar-refractivity contribution in [2.24, 2.45) is 5.73 Å². The molecule has 0 aliphatic heterocycles. The van der Waals surface area contributed by atoms with Gasteiger partial charge in [0.2, 0.25) is 0 Å². The predicted octanol–water partition coefficient (Wildman–Crippen LogP) is 2.40. The molecule has 3 heteroatoms. The molecule has 1 rings (SSSR count). The number of aryl methyl sites for hydroxylation is 2. The molecule has 1 atom stereocenters. The molecule has 0 radical (unpaired) electrons. The van der Waals surface area contributed by atoms with Crippen molar-refractivity contribution in [1.82, 2.24) is 4.90 Å². The highest BCUT2D eigenvalue weighted by atomic mass is 16.3. The van der Waals surface area contributed by atoms with E-state index in [1.807, 2.05) is 20.9 Å². The van der Waals surface area contributed by atoms with Gasteiger partial charge in [0, 0.05) is 18.1 Å². The van der Waals surface area contributed by atoms with Crippen LogP contribution in [-0.2, 0) is 0 Å². The molecular weight excluding hydrogens is 236 g/mol. The number of aliphatic hydroxyl groups excluding tert-OH is 1.